The second kappa shape index (κ2) is 9.08. The molecule has 2 N–H and O–H groups in total. The fraction of sp³-hybridized carbons (Fsp3) is 0.333. The van der Waals surface area contributed by atoms with E-state index in [0.717, 1.165) is 41.7 Å². The zero-order chi connectivity index (χ0) is 20.1. The first-order valence-electron chi connectivity index (χ1n) is 9.51. The van der Waals surface area contributed by atoms with E-state index in [2.05, 4.69) is 29.0 Å². The number of halogens is 1. The van der Waals surface area contributed by atoms with Crippen LogP contribution in [0.25, 0.3) is 11.0 Å². The van der Waals surface area contributed by atoms with Crippen LogP contribution in [-0.4, -0.2) is 40.1 Å². The number of imidazole rings is 1. The third-order valence-corrected chi connectivity index (χ3v) is 5.32. The maximum atomic E-state index is 12.7. The van der Waals surface area contributed by atoms with Crippen LogP contribution in [0.3, 0.4) is 0 Å². The average Bonchev–Trinajstić information content (AvgIpc) is 3.03. The molecule has 1 heterocycles. The molecule has 6 nitrogen and oxygen atoms in total. The monoisotopic (exact) mass is 400 g/mol. The van der Waals surface area contributed by atoms with Crippen molar-refractivity contribution in [3.8, 4) is 0 Å². The van der Waals surface area contributed by atoms with E-state index in [0.29, 0.717) is 16.1 Å². The molecule has 0 saturated heterocycles. The largest absolute Gasteiger partial charge is 0.334 e. The van der Waals surface area contributed by atoms with Crippen LogP contribution >= 0.6 is 11.6 Å². The summed E-state index contributed by atoms with van der Waals surface area (Å²) in [5.41, 5.74) is 2.66. The highest BCUT2D eigenvalue weighted by molar-refractivity contribution is 6.31. The van der Waals surface area contributed by atoms with Crippen molar-refractivity contribution in [2.75, 3.05) is 19.6 Å². The molecule has 0 aliphatic carbocycles. The van der Waals surface area contributed by atoms with E-state index in [-0.39, 0.29) is 6.54 Å². The number of likely N-dealkylation sites (N-methyl/N-ethyl adjacent to an activating group) is 1. The number of hydrogen-bond acceptors (Lipinski definition) is 3. The van der Waals surface area contributed by atoms with Gasteiger partial charge in [0.15, 0.2) is 0 Å². The van der Waals surface area contributed by atoms with Crippen LogP contribution in [0.2, 0.25) is 5.02 Å². The molecule has 0 aliphatic rings. The molecule has 0 radical (unpaired) electrons. The molecular formula is C21H25ClN4O2. The van der Waals surface area contributed by atoms with E-state index >= 15 is 0 Å². The van der Waals surface area contributed by atoms with Gasteiger partial charge in [-0.05, 0) is 48.8 Å². The summed E-state index contributed by atoms with van der Waals surface area (Å²) in [5.74, 6) is 0. The fourth-order valence-electron chi connectivity index (χ4n) is 3.22. The Balaban J connectivity index is 1.80. The van der Waals surface area contributed by atoms with Gasteiger partial charge < -0.3 is 15.2 Å². The molecule has 148 valence electrons. The summed E-state index contributed by atoms with van der Waals surface area (Å²) in [6.45, 7) is 7.46. The molecule has 1 amide bonds. The molecule has 3 rings (SSSR count). The Morgan fingerprint density at radius 1 is 1.18 bits per heavy atom. The molecule has 0 spiro atoms. The minimum absolute atomic E-state index is 0.249. The summed E-state index contributed by atoms with van der Waals surface area (Å²) in [6.07, 6.45) is 0.859. The van der Waals surface area contributed by atoms with Crippen molar-refractivity contribution >= 4 is 28.7 Å². The Kier molecular flexibility index (Phi) is 6.54. The molecule has 0 saturated carbocycles. The molecule has 0 aliphatic heterocycles. The minimum atomic E-state index is -0.475. The van der Waals surface area contributed by atoms with Gasteiger partial charge in [-0.1, -0.05) is 49.7 Å². The van der Waals surface area contributed by atoms with Crippen LogP contribution in [0.4, 0.5) is 4.79 Å². The summed E-state index contributed by atoms with van der Waals surface area (Å²) in [6, 6.07) is 12.6. The van der Waals surface area contributed by atoms with Gasteiger partial charge in [0.25, 0.3) is 0 Å². The SMILES string of the molecule is CCN(CC)CCc1ccc2[nH]c(=O)n(C(=O)NCc3ccccc3Cl)c2c1. The van der Waals surface area contributed by atoms with Crippen molar-refractivity contribution in [2.45, 2.75) is 26.8 Å². The first kappa shape index (κ1) is 20.2. The van der Waals surface area contributed by atoms with Gasteiger partial charge in [0.1, 0.15) is 0 Å². The summed E-state index contributed by atoms with van der Waals surface area (Å²) in [5, 5.41) is 3.35. The van der Waals surface area contributed by atoms with Gasteiger partial charge in [-0.3, -0.25) is 0 Å². The predicted molar refractivity (Wildman–Crippen MR) is 113 cm³/mol. The van der Waals surface area contributed by atoms with Gasteiger partial charge in [0, 0.05) is 18.1 Å². The minimum Gasteiger partial charge on any atom is -0.333 e. The van der Waals surface area contributed by atoms with Crippen LogP contribution in [0.5, 0.6) is 0 Å². The van der Waals surface area contributed by atoms with Gasteiger partial charge in [-0.15, -0.1) is 0 Å². The first-order valence-corrected chi connectivity index (χ1v) is 9.88. The Morgan fingerprint density at radius 3 is 2.64 bits per heavy atom. The van der Waals surface area contributed by atoms with Crippen molar-refractivity contribution < 1.29 is 4.79 Å². The molecule has 0 unspecified atom stereocenters. The number of aromatic nitrogens is 2. The van der Waals surface area contributed by atoms with E-state index in [1.54, 1.807) is 6.07 Å². The topological polar surface area (TPSA) is 70.1 Å². The van der Waals surface area contributed by atoms with Gasteiger partial charge in [0.05, 0.1) is 11.0 Å². The third kappa shape index (κ3) is 4.46. The van der Waals surface area contributed by atoms with Gasteiger partial charge in [-0.2, -0.15) is 0 Å². The van der Waals surface area contributed by atoms with Crippen molar-refractivity contribution in [1.82, 2.24) is 19.8 Å². The highest BCUT2D eigenvalue weighted by Gasteiger charge is 2.15. The molecule has 3 aromatic rings. The van der Waals surface area contributed by atoms with Crippen molar-refractivity contribution in [3.63, 3.8) is 0 Å². The van der Waals surface area contributed by atoms with Crippen LogP contribution in [-0.2, 0) is 13.0 Å². The molecule has 7 heteroatoms. The second-order valence-corrected chi connectivity index (χ2v) is 7.05. The van der Waals surface area contributed by atoms with Crippen LogP contribution in [0.15, 0.2) is 47.3 Å². The Hall–Kier alpha value is -2.57. The van der Waals surface area contributed by atoms with E-state index in [1.807, 2.05) is 36.4 Å². The zero-order valence-electron chi connectivity index (χ0n) is 16.2. The van der Waals surface area contributed by atoms with Gasteiger partial charge in [-0.25, -0.2) is 14.2 Å². The summed E-state index contributed by atoms with van der Waals surface area (Å²) < 4.78 is 1.15. The molecule has 0 bridgehead atoms. The van der Waals surface area contributed by atoms with Crippen LogP contribution in [0, 0.1) is 0 Å². The average molecular weight is 401 g/mol. The van der Waals surface area contributed by atoms with E-state index in [1.165, 1.54) is 0 Å². The Morgan fingerprint density at radius 2 is 1.93 bits per heavy atom. The quantitative estimate of drug-likeness (QED) is 0.636. The summed E-state index contributed by atoms with van der Waals surface area (Å²) in [7, 11) is 0. The lowest BCUT2D eigenvalue weighted by molar-refractivity contribution is 0.242. The number of carbonyl (C=O) groups is 1. The smallest absolute Gasteiger partial charge is 0.333 e. The van der Waals surface area contributed by atoms with Crippen molar-refractivity contribution in [3.05, 3.63) is 69.1 Å². The highest BCUT2D eigenvalue weighted by Crippen LogP contribution is 2.16. The summed E-state index contributed by atoms with van der Waals surface area (Å²) in [4.78, 5) is 30.1. The van der Waals surface area contributed by atoms with E-state index in [9.17, 15) is 9.59 Å². The number of H-pyrrole nitrogens is 1. The highest BCUT2D eigenvalue weighted by atomic mass is 35.5. The van der Waals surface area contributed by atoms with Crippen molar-refractivity contribution in [1.29, 1.82) is 0 Å². The molecule has 1 aromatic heterocycles. The van der Waals surface area contributed by atoms with E-state index < -0.39 is 11.7 Å². The van der Waals surface area contributed by atoms with Crippen LogP contribution < -0.4 is 11.0 Å². The second-order valence-electron chi connectivity index (χ2n) is 6.64. The number of benzene rings is 2. The maximum Gasteiger partial charge on any atom is 0.334 e. The number of rotatable bonds is 7. The number of nitrogens with zero attached hydrogens (tertiary/aromatic N) is 2. The summed E-state index contributed by atoms with van der Waals surface area (Å²) >= 11 is 6.13. The predicted octanol–water partition coefficient (Wildman–Crippen LogP) is 3.63. The molecule has 0 atom stereocenters. The molecule has 0 fully saturated rings. The number of aromatic amines is 1. The number of fused-ring (bicyclic) bond motifs is 1. The number of hydrogen-bond donors (Lipinski definition) is 2. The normalized spacial score (nSPS) is 11.3. The number of amides is 1. The number of carbonyl (C=O) groups excluding carboxylic acids is 1. The molecular weight excluding hydrogens is 376 g/mol. The Bertz CT molecular complexity index is 1020. The number of nitrogens with one attached hydrogen (secondary N) is 2. The van der Waals surface area contributed by atoms with Gasteiger partial charge >= 0.3 is 11.7 Å². The van der Waals surface area contributed by atoms with Crippen molar-refractivity contribution in [2.24, 2.45) is 0 Å². The fourth-order valence-corrected chi connectivity index (χ4v) is 3.43. The van der Waals surface area contributed by atoms with E-state index in [4.69, 9.17) is 11.6 Å². The zero-order valence-corrected chi connectivity index (χ0v) is 16.9. The molecule has 28 heavy (non-hydrogen) atoms. The third-order valence-electron chi connectivity index (χ3n) is 4.95. The molecule has 2 aromatic carbocycles. The first-order chi connectivity index (χ1) is 13.5. The standard InChI is InChI=1S/C21H25ClN4O2/c1-3-25(4-2)12-11-15-9-10-18-19(13-15)26(21(28)24-18)20(27)23-14-16-7-5-6-8-17(16)22/h5-10,13H,3-4,11-12,14H2,1-2H3,(H,23,27)(H,24,28). The Labute approximate surface area is 169 Å². The van der Waals surface area contributed by atoms with Gasteiger partial charge in [0.2, 0.25) is 0 Å². The lowest BCUT2D eigenvalue weighted by atomic mass is 10.1. The van der Waals surface area contributed by atoms with Crippen LogP contribution in [0.1, 0.15) is 25.0 Å². The lowest BCUT2D eigenvalue weighted by Crippen LogP contribution is -2.34. The lowest BCUT2D eigenvalue weighted by Gasteiger charge is -2.17. The maximum absolute atomic E-state index is 12.7.